The Labute approximate surface area is 163 Å². The highest BCUT2D eigenvalue weighted by atomic mass is 16.5. The number of aromatic nitrogens is 3. The molecule has 3 aromatic rings. The van der Waals surface area contributed by atoms with Gasteiger partial charge in [0.2, 0.25) is 5.88 Å². The summed E-state index contributed by atoms with van der Waals surface area (Å²) in [6.07, 6.45) is 3.05. The van der Waals surface area contributed by atoms with Crippen molar-refractivity contribution in [1.82, 2.24) is 20.0 Å². The first-order chi connectivity index (χ1) is 13.5. The number of carbonyl (C=O) groups is 1. The molecular weight excluding hydrogens is 358 g/mol. The molecule has 4 rings (SSSR count). The average molecular weight is 381 g/mol. The van der Waals surface area contributed by atoms with Crippen LogP contribution in [0.5, 0.6) is 5.88 Å². The van der Waals surface area contributed by atoms with Gasteiger partial charge in [0, 0.05) is 31.9 Å². The van der Waals surface area contributed by atoms with Crippen LogP contribution in [-0.2, 0) is 0 Å². The van der Waals surface area contributed by atoms with Crippen LogP contribution in [0, 0.1) is 6.92 Å². The van der Waals surface area contributed by atoms with Crippen molar-refractivity contribution in [2.45, 2.75) is 26.9 Å². The predicted molar refractivity (Wildman–Crippen MR) is 105 cm³/mol. The molecule has 0 radical (unpaired) electrons. The number of benzene rings is 1. The predicted octanol–water partition coefficient (Wildman–Crippen LogP) is 2.68. The fourth-order valence-corrected chi connectivity index (χ4v) is 3.38. The largest absolute Gasteiger partial charge is 0.474 e. The van der Waals surface area contributed by atoms with Crippen LogP contribution in [-0.4, -0.2) is 58.2 Å². The Bertz CT molecular complexity index is 992. The monoisotopic (exact) mass is 381 g/mol. The molecule has 1 amide bonds. The first-order valence-corrected chi connectivity index (χ1v) is 9.40. The molecule has 0 unspecified atom stereocenters. The first-order valence-electron chi connectivity index (χ1n) is 9.40. The number of nitrogens with zero attached hydrogens (tertiary/aromatic N) is 5. The summed E-state index contributed by atoms with van der Waals surface area (Å²) in [7, 11) is 0. The third kappa shape index (κ3) is 3.49. The molecule has 3 heterocycles. The number of fused-ring (bicyclic) bond motifs is 1. The van der Waals surface area contributed by atoms with Crippen LogP contribution in [0.3, 0.4) is 0 Å². The fourth-order valence-electron chi connectivity index (χ4n) is 3.38. The van der Waals surface area contributed by atoms with Gasteiger partial charge >= 0.3 is 0 Å². The maximum absolute atomic E-state index is 12.6. The first kappa shape index (κ1) is 18.2. The van der Waals surface area contributed by atoms with Gasteiger partial charge in [-0.3, -0.25) is 4.79 Å². The maximum atomic E-state index is 12.6. The molecule has 0 bridgehead atoms. The van der Waals surface area contributed by atoms with E-state index in [1.807, 2.05) is 24.8 Å². The molecule has 8 heteroatoms. The summed E-state index contributed by atoms with van der Waals surface area (Å²) in [6.45, 7) is 8.48. The molecule has 1 aliphatic heterocycles. The Morgan fingerprint density at radius 1 is 1.18 bits per heavy atom. The van der Waals surface area contributed by atoms with Crippen molar-refractivity contribution in [2.75, 3.05) is 31.1 Å². The SMILES string of the molecule is Cc1oncc1C(=O)N1CCN(c2ccc3ncnc(OC(C)C)c3c2)CC1. The van der Waals surface area contributed by atoms with Gasteiger partial charge in [0.1, 0.15) is 17.7 Å². The summed E-state index contributed by atoms with van der Waals surface area (Å²) < 4.78 is 10.8. The van der Waals surface area contributed by atoms with Gasteiger partial charge in [0.05, 0.1) is 23.2 Å². The van der Waals surface area contributed by atoms with Gasteiger partial charge in [-0.1, -0.05) is 5.16 Å². The van der Waals surface area contributed by atoms with Crippen LogP contribution in [0.4, 0.5) is 5.69 Å². The van der Waals surface area contributed by atoms with Gasteiger partial charge < -0.3 is 19.1 Å². The number of amides is 1. The lowest BCUT2D eigenvalue weighted by molar-refractivity contribution is 0.0745. The summed E-state index contributed by atoms with van der Waals surface area (Å²) in [5.41, 5.74) is 2.46. The van der Waals surface area contributed by atoms with E-state index in [0.717, 1.165) is 29.7 Å². The summed E-state index contributed by atoms with van der Waals surface area (Å²) >= 11 is 0. The molecule has 0 spiro atoms. The van der Waals surface area contributed by atoms with Crippen molar-refractivity contribution < 1.29 is 14.1 Å². The molecule has 1 aliphatic rings. The van der Waals surface area contributed by atoms with E-state index in [1.54, 1.807) is 6.92 Å². The minimum absolute atomic E-state index is 0.0297. The van der Waals surface area contributed by atoms with E-state index in [4.69, 9.17) is 9.26 Å². The molecule has 0 atom stereocenters. The van der Waals surface area contributed by atoms with Gasteiger partial charge in [0.25, 0.3) is 5.91 Å². The average Bonchev–Trinajstić information content (AvgIpc) is 3.13. The van der Waals surface area contributed by atoms with Crippen molar-refractivity contribution in [1.29, 1.82) is 0 Å². The lowest BCUT2D eigenvalue weighted by Crippen LogP contribution is -2.48. The smallest absolute Gasteiger partial charge is 0.259 e. The Hall–Kier alpha value is -3.16. The number of rotatable bonds is 4. The third-order valence-electron chi connectivity index (χ3n) is 4.84. The molecule has 0 N–H and O–H groups in total. The van der Waals surface area contributed by atoms with Crippen molar-refractivity contribution >= 4 is 22.5 Å². The Balaban J connectivity index is 1.51. The van der Waals surface area contributed by atoms with Crippen molar-refractivity contribution in [3.8, 4) is 5.88 Å². The quantitative estimate of drug-likeness (QED) is 0.687. The van der Waals surface area contributed by atoms with Crippen LogP contribution in [0.25, 0.3) is 10.9 Å². The standard InChI is InChI=1S/C20H23N5O3/c1-13(2)27-19-16-10-15(4-5-18(16)21-12-22-19)24-6-8-25(9-7-24)20(26)17-11-23-28-14(17)3/h4-5,10-13H,6-9H2,1-3H3. The number of hydrogen-bond donors (Lipinski definition) is 0. The Kier molecular flexibility index (Phi) is 4.85. The molecule has 8 nitrogen and oxygen atoms in total. The Morgan fingerprint density at radius 3 is 2.64 bits per heavy atom. The zero-order valence-electron chi connectivity index (χ0n) is 16.3. The second-order valence-electron chi connectivity index (χ2n) is 7.12. The number of ether oxygens (including phenoxy) is 1. The fraction of sp³-hybridized carbons (Fsp3) is 0.400. The molecule has 2 aromatic heterocycles. The Morgan fingerprint density at radius 2 is 1.96 bits per heavy atom. The highest BCUT2D eigenvalue weighted by molar-refractivity contribution is 5.95. The zero-order chi connectivity index (χ0) is 19.7. The third-order valence-corrected chi connectivity index (χ3v) is 4.84. The number of aryl methyl sites for hydroxylation is 1. The van der Waals surface area contributed by atoms with E-state index in [2.05, 4.69) is 32.2 Å². The maximum Gasteiger partial charge on any atom is 0.259 e. The number of carbonyl (C=O) groups excluding carboxylic acids is 1. The summed E-state index contributed by atoms with van der Waals surface area (Å²) in [5.74, 6) is 1.12. The lowest BCUT2D eigenvalue weighted by atomic mass is 10.1. The van der Waals surface area contributed by atoms with E-state index in [-0.39, 0.29) is 12.0 Å². The van der Waals surface area contributed by atoms with Crippen LogP contribution >= 0.6 is 0 Å². The van der Waals surface area contributed by atoms with Gasteiger partial charge in [-0.15, -0.1) is 0 Å². The molecule has 1 aromatic carbocycles. The second-order valence-corrected chi connectivity index (χ2v) is 7.12. The molecule has 0 aliphatic carbocycles. The van der Waals surface area contributed by atoms with Gasteiger partial charge in [-0.25, -0.2) is 9.97 Å². The minimum Gasteiger partial charge on any atom is -0.474 e. The highest BCUT2D eigenvalue weighted by Gasteiger charge is 2.25. The number of piperazine rings is 1. The van der Waals surface area contributed by atoms with E-state index in [9.17, 15) is 4.79 Å². The minimum atomic E-state index is -0.0297. The molecule has 28 heavy (non-hydrogen) atoms. The molecular formula is C20H23N5O3. The van der Waals surface area contributed by atoms with Gasteiger partial charge in [0.15, 0.2) is 0 Å². The number of anilines is 1. The lowest BCUT2D eigenvalue weighted by Gasteiger charge is -2.36. The summed E-state index contributed by atoms with van der Waals surface area (Å²) in [4.78, 5) is 25.3. The second kappa shape index (κ2) is 7.46. The van der Waals surface area contributed by atoms with E-state index >= 15 is 0 Å². The van der Waals surface area contributed by atoms with Crippen LogP contribution in [0.2, 0.25) is 0 Å². The molecule has 0 saturated carbocycles. The van der Waals surface area contributed by atoms with Gasteiger partial charge in [-0.05, 0) is 39.0 Å². The summed E-state index contributed by atoms with van der Waals surface area (Å²) in [5, 5.41) is 4.60. The van der Waals surface area contributed by atoms with Crippen LogP contribution in [0.15, 0.2) is 35.2 Å². The zero-order valence-corrected chi connectivity index (χ0v) is 16.3. The van der Waals surface area contributed by atoms with Crippen LogP contribution < -0.4 is 9.64 Å². The molecule has 1 fully saturated rings. The van der Waals surface area contributed by atoms with Crippen molar-refractivity contribution in [3.63, 3.8) is 0 Å². The number of hydrogen-bond acceptors (Lipinski definition) is 7. The summed E-state index contributed by atoms with van der Waals surface area (Å²) in [6, 6.07) is 6.10. The van der Waals surface area contributed by atoms with Gasteiger partial charge in [-0.2, -0.15) is 0 Å². The molecule has 1 saturated heterocycles. The van der Waals surface area contributed by atoms with E-state index in [0.29, 0.717) is 30.3 Å². The normalized spacial score (nSPS) is 14.7. The van der Waals surface area contributed by atoms with Crippen LogP contribution in [0.1, 0.15) is 30.0 Å². The van der Waals surface area contributed by atoms with E-state index < -0.39 is 0 Å². The topological polar surface area (TPSA) is 84.6 Å². The van der Waals surface area contributed by atoms with Crippen molar-refractivity contribution in [3.05, 3.63) is 42.0 Å². The molecule has 146 valence electrons. The van der Waals surface area contributed by atoms with E-state index in [1.165, 1.54) is 12.5 Å². The van der Waals surface area contributed by atoms with Crippen molar-refractivity contribution in [2.24, 2.45) is 0 Å². The highest BCUT2D eigenvalue weighted by Crippen LogP contribution is 2.28.